The van der Waals surface area contributed by atoms with Gasteiger partial charge in [0.2, 0.25) is 0 Å². The van der Waals surface area contributed by atoms with E-state index in [1.807, 2.05) is 153 Å². The van der Waals surface area contributed by atoms with Crippen LogP contribution in [0, 0.1) is 111 Å². The van der Waals surface area contributed by atoms with Crippen molar-refractivity contribution in [1.82, 2.24) is 0 Å². The van der Waals surface area contributed by atoms with Gasteiger partial charge in [0.1, 0.15) is 0 Å². The topological polar surface area (TPSA) is 648 Å². The van der Waals surface area contributed by atoms with Crippen LogP contribution >= 0.6 is 153 Å². The van der Waals surface area contributed by atoms with Crippen LogP contribution in [0.15, 0.2) is 0 Å². The minimum absolute atomic E-state index is 0.141. The highest BCUT2D eigenvalue weighted by molar-refractivity contribution is 8.02. The molecule has 0 aliphatic heterocycles. The van der Waals surface area contributed by atoms with E-state index in [-0.39, 0.29) is 10.2 Å². The SMILES string of the molecule is CC(C)C(C)SCCC(=N)N.CC(C)CCSCCC(=N)N.CC(C)CSC(C)CC(=N)N.CC(C)CSCCCC(=N)N.CC(C)SC(C)CCC(=N)N.CC(C)SCCCCC(=N)N.CC(CSC(C)C)CC(=N)N.CCC(C)(C)SCCC(=N)N.CCC(C)SC(C)CC(=N)N.CCCSC(C)(C)CC(=N)N.CCSC(C)C(C)CC(=N)N.CCSC(C)CCCC(=N)N.CCSCC(C)(C)CC(=N)N. The van der Waals surface area contributed by atoms with Gasteiger partial charge in [-0.05, 0) is 184 Å². The number of unbranched alkanes of at least 4 members (excludes halogenated alkanes) is 1. The van der Waals surface area contributed by atoms with E-state index >= 15 is 0 Å². The molecule has 858 valence electrons. The van der Waals surface area contributed by atoms with E-state index in [2.05, 4.69) is 242 Å². The summed E-state index contributed by atoms with van der Waals surface area (Å²) in [6.45, 7) is 76.5. The summed E-state index contributed by atoms with van der Waals surface area (Å²) in [6.07, 6.45) is 20.9. The maximum atomic E-state index is 7.15. The predicted molar refractivity (Wildman–Crippen MR) is 693 cm³/mol. The van der Waals surface area contributed by atoms with Crippen molar-refractivity contribution in [2.75, 3.05) is 80.5 Å². The Balaban J connectivity index is -0.000000116. The fourth-order valence-electron chi connectivity index (χ4n) is 10.1. The fourth-order valence-corrected chi connectivity index (χ4v) is 23.3. The van der Waals surface area contributed by atoms with E-state index in [1.54, 1.807) is 0 Å². The third-order valence-corrected chi connectivity index (χ3v) is 36.3. The van der Waals surface area contributed by atoms with Crippen molar-refractivity contribution in [2.45, 2.75) is 452 Å². The molecule has 0 aliphatic rings. The summed E-state index contributed by atoms with van der Waals surface area (Å²) in [4.78, 5) is 0. The molecule has 0 aromatic rings. The van der Waals surface area contributed by atoms with E-state index < -0.39 is 0 Å². The molecular weight excluding hydrogens is 2030 g/mol. The van der Waals surface area contributed by atoms with E-state index in [9.17, 15) is 0 Å². The van der Waals surface area contributed by atoms with Gasteiger partial charge in [-0.3, -0.25) is 70.3 Å². The average molecular weight is 2270 g/mol. The van der Waals surface area contributed by atoms with E-state index in [1.165, 1.54) is 55.1 Å². The molecule has 0 amide bonds. The van der Waals surface area contributed by atoms with E-state index in [0.29, 0.717) is 160 Å². The molecule has 9 unspecified atom stereocenters. The van der Waals surface area contributed by atoms with Crippen LogP contribution in [0.1, 0.15) is 390 Å². The molecule has 0 aliphatic carbocycles. The first-order chi connectivity index (χ1) is 65.7. The van der Waals surface area contributed by atoms with Crippen molar-refractivity contribution in [3.05, 3.63) is 0 Å². The van der Waals surface area contributed by atoms with Crippen molar-refractivity contribution in [3.8, 4) is 0 Å². The standard InChI is InChI=1S/13C8H18N2S/c1-6(2)11-5-7(3)4-8(9)10;1-6(2)5-11-7(3)4-8(9)10;1-6(2)7(3)11-5-4-8(9)10;1-6(2)11-7(3)4-5-8(9)10;1-7(2)3-5-11-6-4-8(9)10;1-7(2)6-11-5-3-4-8(9)10;1-7(2)11-6-4-3-5-8(9)10;1-4-11-6-8(2,3)5-7(9)10;1-4-8(2,3)11-6-5-7(9)10;1-4-11-7(3)6(2)5-8(9)10;1-4-6(2)11-7(3)5-8(9)10;1-4-5-11-8(2,3)6-7(9)10;1-3-11-7(2)5-4-6-8(9)10/h4*6-7H,4-5H2,1-3H3,(H3,9,10);3*7H,3-6H2,1-2H3,(H3,9,10);2*4-6H2,1-3H3,(H3,9,10);2*6-7H,4-5H2,1-3H3,(H3,9,10);4-6H2,1-3H3,(H3,9,10);7H,3-6H2,1-2H3,(H3,9,10). The lowest BCUT2D eigenvalue weighted by molar-refractivity contribution is 0.442. The van der Waals surface area contributed by atoms with Gasteiger partial charge in [0.15, 0.2) is 0 Å². The molecule has 0 aromatic heterocycles. The number of hydrogen-bond acceptors (Lipinski definition) is 26. The summed E-state index contributed by atoms with van der Waals surface area (Å²) in [5.74, 6) is 23.7. The number of thioether (sulfide) groups is 13. The Bertz CT molecular complexity index is 2900. The van der Waals surface area contributed by atoms with Gasteiger partial charge < -0.3 is 74.5 Å². The number of hydrogen-bond donors (Lipinski definition) is 26. The third-order valence-electron chi connectivity index (χ3n) is 18.6. The van der Waals surface area contributed by atoms with Crippen molar-refractivity contribution in [1.29, 1.82) is 70.3 Å². The van der Waals surface area contributed by atoms with Gasteiger partial charge in [-0.2, -0.15) is 153 Å². The van der Waals surface area contributed by atoms with Gasteiger partial charge in [-0.25, -0.2) is 0 Å². The Morgan fingerprint density at radius 1 is 0.273 bits per heavy atom. The maximum Gasteiger partial charge on any atom is 0.0919 e. The molecule has 0 heterocycles. The van der Waals surface area contributed by atoms with Gasteiger partial charge in [0.25, 0.3) is 0 Å². The zero-order chi connectivity index (χ0) is 115. The summed E-state index contributed by atoms with van der Waals surface area (Å²) in [6, 6.07) is 0. The molecule has 0 spiro atoms. The third kappa shape index (κ3) is 188. The summed E-state index contributed by atoms with van der Waals surface area (Å²) < 4.78 is 0.483. The van der Waals surface area contributed by atoms with Crippen LogP contribution in [0.5, 0.6) is 0 Å². The van der Waals surface area contributed by atoms with Crippen molar-refractivity contribution in [3.63, 3.8) is 0 Å². The first-order valence-electron chi connectivity index (χ1n) is 52.0. The van der Waals surface area contributed by atoms with Gasteiger partial charge >= 0.3 is 0 Å². The van der Waals surface area contributed by atoms with Crippen LogP contribution in [0.4, 0.5) is 0 Å². The van der Waals surface area contributed by atoms with E-state index in [0.717, 1.165) is 182 Å². The highest BCUT2D eigenvalue weighted by Crippen LogP contribution is 2.31. The first-order valence-corrected chi connectivity index (χ1v) is 65.6. The van der Waals surface area contributed by atoms with Gasteiger partial charge in [0, 0.05) is 147 Å². The van der Waals surface area contributed by atoms with Crippen LogP contribution in [-0.4, -0.2) is 218 Å². The first kappa shape index (κ1) is 168. The van der Waals surface area contributed by atoms with Crippen LogP contribution in [-0.2, 0) is 0 Å². The molecule has 0 radical (unpaired) electrons. The molecule has 0 bridgehead atoms. The highest BCUT2D eigenvalue weighted by atomic mass is 32.2. The molecule has 9 atom stereocenters. The van der Waals surface area contributed by atoms with Gasteiger partial charge in [-0.1, -0.05) is 242 Å². The maximum absolute atomic E-state index is 7.15. The van der Waals surface area contributed by atoms with Crippen molar-refractivity contribution >= 4 is 229 Å². The summed E-state index contributed by atoms with van der Waals surface area (Å²) in [7, 11) is 0. The number of nitrogens with two attached hydrogens (primary N) is 13. The zero-order valence-electron chi connectivity index (χ0n) is 97.7. The lowest BCUT2D eigenvalue weighted by atomic mass is 9.91. The van der Waals surface area contributed by atoms with Crippen LogP contribution in [0.3, 0.4) is 0 Å². The van der Waals surface area contributed by atoms with Crippen molar-refractivity contribution < 1.29 is 0 Å². The molecule has 39 heteroatoms. The normalized spacial score (nSPS) is 12.7. The molecule has 39 N–H and O–H groups in total. The summed E-state index contributed by atoms with van der Waals surface area (Å²) >= 11 is 25.0. The van der Waals surface area contributed by atoms with Crippen LogP contribution < -0.4 is 74.5 Å². The lowest BCUT2D eigenvalue weighted by Gasteiger charge is -2.22. The Morgan fingerprint density at radius 3 is 1.10 bits per heavy atom. The molecular formula is C104H234N26S13. The van der Waals surface area contributed by atoms with Crippen LogP contribution in [0.25, 0.3) is 0 Å². The Labute approximate surface area is 938 Å². The van der Waals surface area contributed by atoms with Crippen LogP contribution in [0.2, 0.25) is 0 Å². The number of nitrogens with one attached hydrogen (secondary N) is 13. The lowest BCUT2D eigenvalue weighted by Crippen LogP contribution is -2.24. The second-order valence-electron chi connectivity index (χ2n) is 40.2. The number of amidine groups is 13. The molecule has 0 saturated heterocycles. The molecule has 26 nitrogen and oxygen atoms in total. The summed E-state index contributed by atoms with van der Waals surface area (Å²) in [5, 5.41) is 98.1. The molecule has 143 heavy (non-hydrogen) atoms. The largest absolute Gasteiger partial charge is 0.388 e. The number of rotatable bonds is 69. The molecule has 0 saturated carbocycles. The Kier molecular flexibility index (Phi) is 136. The zero-order valence-corrected chi connectivity index (χ0v) is 108. The van der Waals surface area contributed by atoms with Gasteiger partial charge in [-0.15, -0.1) is 0 Å². The molecule has 0 aromatic carbocycles. The minimum atomic E-state index is 0.141. The Morgan fingerprint density at radius 2 is 0.713 bits per heavy atom. The van der Waals surface area contributed by atoms with Crippen molar-refractivity contribution in [2.24, 2.45) is 115 Å². The molecule has 0 fully saturated rings. The Hall–Kier alpha value is -2.34. The molecule has 0 rings (SSSR count). The fraction of sp³-hybridized carbons (Fsp3) is 0.875. The predicted octanol–water partition coefficient (Wildman–Crippen LogP) is 28.0. The monoisotopic (exact) mass is 2260 g/mol. The average Bonchev–Trinajstić information content (AvgIpc) is 0.941. The quantitative estimate of drug-likeness (QED) is 0.0153. The highest BCUT2D eigenvalue weighted by Gasteiger charge is 2.21. The second-order valence-corrected chi connectivity index (χ2v) is 61.0. The summed E-state index contributed by atoms with van der Waals surface area (Å²) in [5.41, 5.74) is 68.5. The second kappa shape index (κ2) is 115. The minimum Gasteiger partial charge on any atom is -0.388 e. The smallest absolute Gasteiger partial charge is 0.0919 e. The van der Waals surface area contributed by atoms with E-state index in [4.69, 9.17) is 145 Å². The van der Waals surface area contributed by atoms with Gasteiger partial charge in [0.05, 0.1) is 75.9 Å².